The Labute approximate surface area is 155 Å². The van der Waals surface area contributed by atoms with Crippen LogP contribution in [0.15, 0.2) is 0 Å². The van der Waals surface area contributed by atoms with Crippen LogP contribution in [0, 0.1) is 11.8 Å². The van der Waals surface area contributed by atoms with Crippen molar-refractivity contribution < 1.29 is 18.0 Å². The lowest BCUT2D eigenvalue weighted by Gasteiger charge is -2.03. The normalized spacial score (nSPS) is 11.4. The Morgan fingerprint density at radius 2 is 1.20 bits per heavy atom. The van der Waals surface area contributed by atoms with E-state index in [9.17, 15) is 13.2 Å². The van der Waals surface area contributed by atoms with Gasteiger partial charge in [0.2, 0.25) is 0 Å². The summed E-state index contributed by atoms with van der Waals surface area (Å²) in [5.41, 5.74) is 0. The maximum absolute atomic E-state index is 11.8. The molecule has 0 fully saturated rings. The van der Waals surface area contributed by atoms with Crippen molar-refractivity contribution in [1.29, 1.82) is 0 Å². The predicted molar refractivity (Wildman–Crippen MR) is 101 cm³/mol. The minimum absolute atomic E-state index is 0.360. The lowest BCUT2D eigenvalue weighted by atomic mass is 10.1. The van der Waals surface area contributed by atoms with Gasteiger partial charge in [0.1, 0.15) is 0 Å². The van der Waals surface area contributed by atoms with Gasteiger partial charge in [-0.15, -0.1) is 0 Å². The molecular weight excluding hydrogens is 347 g/mol. The molecular formula is C19H34F3NOS. The summed E-state index contributed by atoms with van der Waals surface area (Å²) in [6, 6.07) is 0. The monoisotopic (exact) mass is 381 g/mol. The lowest BCUT2D eigenvalue weighted by Crippen LogP contribution is -2.01. The molecule has 0 saturated carbocycles. The van der Waals surface area contributed by atoms with Crippen LogP contribution in [-0.2, 0) is 4.84 Å². The molecule has 0 bridgehead atoms. The van der Waals surface area contributed by atoms with Gasteiger partial charge in [-0.05, 0) is 30.8 Å². The van der Waals surface area contributed by atoms with Crippen LogP contribution in [-0.4, -0.2) is 24.3 Å². The van der Waals surface area contributed by atoms with Crippen LogP contribution in [0.4, 0.5) is 13.2 Å². The SMILES string of the molecule is NOCCCSCCCCCCCCCCCCCC#CC(F)(F)F. The molecule has 6 heteroatoms. The molecule has 0 aromatic rings. The summed E-state index contributed by atoms with van der Waals surface area (Å²) in [5.74, 6) is 10.8. The van der Waals surface area contributed by atoms with E-state index in [4.69, 9.17) is 5.90 Å². The van der Waals surface area contributed by atoms with E-state index >= 15 is 0 Å². The first-order chi connectivity index (χ1) is 12.1. The Bertz CT molecular complexity index is 340. The third kappa shape index (κ3) is 23.6. The van der Waals surface area contributed by atoms with Gasteiger partial charge in [0.15, 0.2) is 0 Å². The number of nitrogens with two attached hydrogens (primary N) is 1. The average molecular weight is 382 g/mol. The zero-order chi connectivity index (χ0) is 18.6. The molecule has 0 heterocycles. The molecule has 0 rings (SSSR count). The number of hydrogen-bond donors (Lipinski definition) is 1. The molecule has 0 aliphatic heterocycles. The number of rotatable bonds is 17. The van der Waals surface area contributed by atoms with Gasteiger partial charge in [-0.1, -0.05) is 63.7 Å². The van der Waals surface area contributed by atoms with E-state index in [0.29, 0.717) is 13.0 Å². The molecule has 0 aliphatic rings. The standard InChI is InChI=1S/C19H34F3NOS/c20-19(21,22)15-12-10-8-6-4-2-1-3-5-7-9-11-13-17-25-18-14-16-24-23/h1-11,13-14,16-18,23H2. The summed E-state index contributed by atoms with van der Waals surface area (Å²) < 4.78 is 35.4. The van der Waals surface area contributed by atoms with Crippen LogP contribution in [0.1, 0.15) is 83.5 Å². The molecule has 0 spiro atoms. The maximum atomic E-state index is 11.8. The molecule has 148 valence electrons. The molecule has 0 unspecified atom stereocenters. The highest BCUT2D eigenvalue weighted by atomic mass is 32.2. The van der Waals surface area contributed by atoms with Crippen LogP contribution < -0.4 is 5.90 Å². The molecule has 0 aromatic heterocycles. The molecule has 2 N–H and O–H groups in total. The Morgan fingerprint density at radius 3 is 1.72 bits per heavy atom. The van der Waals surface area contributed by atoms with Gasteiger partial charge >= 0.3 is 6.18 Å². The highest BCUT2D eigenvalue weighted by molar-refractivity contribution is 7.99. The predicted octanol–water partition coefficient (Wildman–Crippen LogP) is 6.25. The molecule has 0 saturated heterocycles. The Kier molecular flexibility index (Phi) is 18.1. The van der Waals surface area contributed by atoms with Crippen LogP contribution in [0.25, 0.3) is 0 Å². The molecule has 0 radical (unpaired) electrons. The van der Waals surface area contributed by atoms with Crippen molar-refractivity contribution in [3.63, 3.8) is 0 Å². The smallest absolute Gasteiger partial charge is 0.305 e. The van der Waals surface area contributed by atoms with Crippen molar-refractivity contribution in [2.45, 2.75) is 89.6 Å². The van der Waals surface area contributed by atoms with Crippen molar-refractivity contribution in [3.05, 3.63) is 0 Å². The van der Waals surface area contributed by atoms with Crippen molar-refractivity contribution in [3.8, 4) is 11.8 Å². The minimum Gasteiger partial charge on any atom is -0.305 e. The van der Waals surface area contributed by atoms with Gasteiger partial charge < -0.3 is 4.84 Å². The summed E-state index contributed by atoms with van der Waals surface area (Å²) in [6.45, 7) is 0.652. The van der Waals surface area contributed by atoms with E-state index in [1.54, 1.807) is 0 Å². The summed E-state index contributed by atoms with van der Waals surface area (Å²) >= 11 is 1.98. The fraction of sp³-hybridized carbons (Fsp3) is 0.895. The highest BCUT2D eigenvalue weighted by Crippen LogP contribution is 2.14. The number of unbranched alkanes of at least 4 members (excludes halogenated alkanes) is 11. The molecule has 0 aromatic carbocycles. The van der Waals surface area contributed by atoms with Crippen molar-refractivity contribution >= 4 is 11.8 Å². The van der Waals surface area contributed by atoms with E-state index in [1.165, 1.54) is 63.0 Å². The highest BCUT2D eigenvalue weighted by Gasteiger charge is 2.22. The summed E-state index contributed by atoms with van der Waals surface area (Å²) in [7, 11) is 0. The first-order valence-corrected chi connectivity index (χ1v) is 10.7. The Hall–Kier alpha value is -0.380. The van der Waals surface area contributed by atoms with E-state index in [1.807, 2.05) is 11.8 Å². The number of alkyl halides is 3. The third-order valence-electron chi connectivity index (χ3n) is 3.87. The molecule has 0 amide bonds. The van der Waals surface area contributed by atoms with Crippen LogP contribution >= 0.6 is 11.8 Å². The van der Waals surface area contributed by atoms with Crippen molar-refractivity contribution in [1.82, 2.24) is 0 Å². The second-order valence-electron chi connectivity index (χ2n) is 6.28. The van der Waals surface area contributed by atoms with Gasteiger partial charge in [0.25, 0.3) is 0 Å². The minimum atomic E-state index is -4.33. The summed E-state index contributed by atoms with van der Waals surface area (Å²) in [6.07, 6.45) is 10.2. The average Bonchev–Trinajstić information content (AvgIpc) is 2.56. The van der Waals surface area contributed by atoms with Gasteiger partial charge in [0.05, 0.1) is 6.61 Å². The zero-order valence-electron chi connectivity index (χ0n) is 15.3. The molecule has 2 nitrogen and oxygen atoms in total. The summed E-state index contributed by atoms with van der Waals surface area (Å²) in [4.78, 5) is 4.53. The number of hydrogen-bond acceptors (Lipinski definition) is 3. The van der Waals surface area contributed by atoms with Gasteiger partial charge in [-0.25, -0.2) is 5.90 Å². The second-order valence-corrected chi connectivity index (χ2v) is 7.50. The van der Waals surface area contributed by atoms with E-state index < -0.39 is 6.18 Å². The summed E-state index contributed by atoms with van der Waals surface area (Å²) in [5, 5.41) is 0. The topological polar surface area (TPSA) is 35.2 Å². The van der Waals surface area contributed by atoms with Crippen LogP contribution in [0.5, 0.6) is 0 Å². The fourth-order valence-electron chi connectivity index (χ4n) is 2.52. The number of thioether (sulfide) groups is 1. The zero-order valence-corrected chi connectivity index (χ0v) is 16.2. The molecule has 0 atom stereocenters. The van der Waals surface area contributed by atoms with Crippen LogP contribution in [0.3, 0.4) is 0 Å². The molecule has 25 heavy (non-hydrogen) atoms. The van der Waals surface area contributed by atoms with Gasteiger partial charge in [-0.3, -0.25) is 0 Å². The number of halogens is 3. The van der Waals surface area contributed by atoms with Gasteiger partial charge in [-0.2, -0.15) is 24.9 Å². The van der Waals surface area contributed by atoms with E-state index in [-0.39, 0.29) is 0 Å². The van der Waals surface area contributed by atoms with Gasteiger partial charge in [0, 0.05) is 12.3 Å². The van der Waals surface area contributed by atoms with E-state index in [0.717, 1.165) is 31.4 Å². The first-order valence-electron chi connectivity index (χ1n) is 9.52. The second kappa shape index (κ2) is 18.4. The lowest BCUT2D eigenvalue weighted by molar-refractivity contribution is -0.0697. The van der Waals surface area contributed by atoms with Crippen molar-refractivity contribution in [2.24, 2.45) is 5.90 Å². The fourth-order valence-corrected chi connectivity index (χ4v) is 3.45. The quantitative estimate of drug-likeness (QED) is 0.184. The molecule has 0 aliphatic carbocycles. The Balaban J connectivity index is 3.08. The Morgan fingerprint density at radius 1 is 0.720 bits per heavy atom. The van der Waals surface area contributed by atoms with Crippen molar-refractivity contribution in [2.75, 3.05) is 18.1 Å². The van der Waals surface area contributed by atoms with E-state index in [2.05, 4.69) is 10.8 Å². The van der Waals surface area contributed by atoms with Crippen LogP contribution in [0.2, 0.25) is 0 Å². The maximum Gasteiger partial charge on any atom is 0.457 e. The largest absolute Gasteiger partial charge is 0.457 e. The third-order valence-corrected chi connectivity index (χ3v) is 5.03. The first kappa shape index (κ1) is 24.6.